The van der Waals surface area contributed by atoms with Crippen molar-refractivity contribution in [2.24, 2.45) is 7.05 Å². The van der Waals surface area contributed by atoms with Gasteiger partial charge in [0.15, 0.2) is 11.5 Å². The molecule has 6 heteroatoms. The molecule has 0 unspecified atom stereocenters. The molecule has 6 nitrogen and oxygen atoms in total. The van der Waals surface area contributed by atoms with Gasteiger partial charge in [-0.1, -0.05) is 0 Å². The van der Waals surface area contributed by atoms with E-state index in [1.54, 1.807) is 13.3 Å². The molecule has 1 aromatic carbocycles. The van der Waals surface area contributed by atoms with E-state index in [1.807, 2.05) is 29.9 Å². The minimum absolute atomic E-state index is 0.212. The van der Waals surface area contributed by atoms with Crippen molar-refractivity contribution in [1.29, 1.82) is 0 Å². The molecule has 3 heterocycles. The largest absolute Gasteiger partial charge is 0.493 e. The zero-order valence-corrected chi connectivity index (χ0v) is 12.6. The lowest BCUT2D eigenvalue weighted by Gasteiger charge is -2.09. The van der Waals surface area contributed by atoms with E-state index in [9.17, 15) is 0 Å². The van der Waals surface area contributed by atoms with Gasteiger partial charge < -0.3 is 14.2 Å². The van der Waals surface area contributed by atoms with Crippen molar-refractivity contribution in [2.75, 3.05) is 13.9 Å². The zero-order chi connectivity index (χ0) is 15.3. The van der Waals surface area contributed by atoms with Gasteiger partial charge in [-0.05, 0) is 30.7 Å². The van der Waals surface area contributed by atoms with Gasteiger partial charge in [0.05, 0.1) is 24.5 Å². The maximum Gasteiger partial charge on any atom is 0.231 e. The monoisotopic (exact) mass is 297 g/mol. The molecule has 4 rings (SSSR count). The third-order valence-electron chi connectivity index (χ3n) is 3.84. The average Bonchev–Trinajstić information content (AvgIpc) is 3.13. The Kier molecular flexibility index (Phi) is 2.72. The van der Waals surface area contributed by atoms with Crippen LogP contribution in [0.1, 0.15) is 5.56 Å². The Hall–Kier alpha value is -2.76. The second-order valence-electron chi connectivity index (χ2n) is 5.24. The van der Waals surface area contributed by atoms with Gasteiger partial charge in [0.1, 0.15) is 5.52 Å². The molecule has 0 bridgehead atoms. The summed E-state index contributed by atoms with van der Waals surface area (Å²) in [6, 6.07) is 5.88. The molecule has 3 aromatic rings. The predicted octanol–water partition coefficient (Wildman–Crippen LogP) is 2.68. The van der Waals surface area contributed by atoms with Crippen LogP contribution in [0.25, 0.3) is 22.3 Å². The summed E-state index contributed by atoms with van der Waals surface area (Å²) in [5.74, 6) is 1.97. The molecule has 0 aliphatic carbocycles. The number of ether oxygens (including phenoxy) is 3. The average molecular weight is 297 g/mol. The van der Waals surface area contributed by atoms with Crippen molar-refractivity contribution < 1.29 is 14.2 Å². The third-order valence-corrected chi connectivity index (χ3v) is 3.84. The van der Waals surface area contributed by atoms with Gasteiger partial charge in [-0.15, -0.1) is 0 Å². The lowest BCUT2D eigenvalue weighted by molar-refractivity contribution is 0.171. The number of fused-ring (bicyclic) bond motifs is 2. The summed E-state index contributed by atoms with van der Waals surface area (Å²) in [5.41, 5.74) is 4.81. The topological polar surface area (TPSA) is 58.4 Å². The van der Waals surface area contributed by atoms with E-state index in [4.69, 9.17) is 19.2 Å². The van der Waals surface area contributed by atoms with Crippen molar-refractivity contribution in [2.45, 2.75) is 6.92 Å². The first-order valence-electron chi connectivity index (χ1n) is 6.94. The van der Waals surface area contributed by atoms with E-state index in [2.05, 4.69) is 12.0 Å². The summed E-state index contributed by atoms with van der Waals surface area (Å²) in [7, 11) is 3.53. The smallest absolute Gasteiger partial charge is 0.231 e. The summed E-state index contributed by atoms with van der Waals surface area (Å²) in [4.78, 5) is 4.69. The van der Waals surface area contributed by atoms with E-state index in [1.165, 1.54) is 0 Å². The number of benzene rings is 1. The highest BCUT2D eigenvalue weighted by Gasteiger charge is 2.21. The molecule has 112 valence electrons. The van der Waals surface area contributed by atoms with Gasteiger partial charge in [0.25, 0.3) is 0 Å². The number of aromatic nitrogens is 3. The highest BCUT2D eigenvalue weighted by Crippen LogP contribution is 2.44. The molecule has 2 aromatic heterocycles. The van der Waals surface area contributed by atoms with Crippen LogP contribution in [-0.2, 0) is 7.05 Å². The van der Waals surface area contributed by atoms with Crippen LogP contribution >= 0.6 is 0 Å². The SMILES string of the molecule is COc1cc(-c2cc(C)c3c(cnn3C)n2)cc2c1OCO2. The summed E-state index contributed by atoms with van der Waals surface area (Å²) in [5, 5.41) is 4.27. The molecular weight excluding hydrogens is 282 g/mol. The van der Waals surface area contributed by atoms with Crippen LogP contribution in [0.5, 0.6) is 17.2 Å². The molecule has 0 spiro atoms. The number of aryl methyl sites for hydroxylation is 2. The fourth-order valence-corrected chi connectivity index (χ4v) is 2.83. The Bertz CT molecular complexity index is 886. The van der Waals surface area contributed by atoms with Crippen LogP contribution in [-0.4, -0.2) is 28.7 Å². The van der Waals surface area contributed by atoms with E-state index >= 15 is 0 Å². The molecule has 1 aliphatic rings. The van der Waals surface area contributed by atoms with Gasteiger partial charge in [-0.2, -0.15) is 5.10 Å². The standard InChI is InChI=1S/C16H15N3O3/c1-9-4-11(18-12-7-17-19(2)15(9)12)10-5-13(20-3)16-14(6-10)21-8-22-16/h4-7H,8H2,1-3H3. The number of rotatable bonds is 2. The first kappa shape index (κ1) is 12.9. The van der Waals surface area contributed by atoms with E-state index in [0.717, 1.165) is 27.9 Å². The molecule has 0 atom stereocenters. The highest BCUT2D eigenvalue weighted by molar-refractivity contribution is 5.82. The second kappa shape index (κ2) is 4.62. The predicted molar refractivity (Wildman–Crippen MR) is 81.4 cm³/mol. The number of hydrogen-bond acceptors (Lipinski definition) is 5. The minimum atomic E-state index is 0.212. The molecule has 0 radical (unpaired) electrons. The Morgan fingerprint density at radius 2 is 2.09 bits per heavy atom. The molecular formula is C16H15N3O3. The second-order valence-corrected chi connectivity index (χ2v) is 5.24. The van der Waals surface area contributed by atoms with E-state index < -0.39 is 0 Å². The Labute approximate surface area is 127 Å². The van der Waals surface area contributed by atoms with E-state index in [-0.39, 0.29) is 6.79 Å². The van der Waals surface area contributed by atoms with Gasteiger partial charge in [0, 0.05) is 12.6 Å². The maximum atomic E-state index is 5.48. The van der Waals surface area contributed by atoms with Crippen LogP contribution < -0.4 is 14.2 Å². The number of nitrogens with zero attached hydrogens (tertiary/aromatic N) is 3. The lowest BCUT2D eigenvalue weighted by atomic mass is 10.1. The van der Waals surface area contributed by atoms with Crippen molar-refractivity contribution in [1.82, 2.24) is 14.8 Å². The Morgan fingerprint density at radius 1 is 1.23 bits per heavy atom. The van der Waals surface area contributed by atoms with Crippen molar-refractivity contribution in [3.63, 3.8) is 0 Å². The lowest BCUT2D eigenvalue weighted by Crippen LogP contribution is -1.94. The quantitative estimate of drug-likeness (QED) is 0.728. The number of pyridine rings is 1. The van der Waals surface area contributed by atoms with Gasteiger partial charge in [-0.3, -0.25) is 4.68 Å². The maximum absolute atomic E-state index is 5.48. The fourth-order valence-electron chi connectivity index (χ4n) is 2.83. The van der Waals surface area contributed by atoms with Crippen LogP contribution in [0.15, 0.2) is 24.4 Å². The van der Waals surface area contributed by atoms with Crippen molar-refractivity contribution >= 4 is 11.0 Å². The van der Waals surface area contributed by atoms with Crippen LogP contribution in [0.4, 0.5) is 0 Å². The normalized spacial score (nSPS) is 12.9. The molecule has 22 heavy (non-hydrogen) atoms. The fraction of sp³-hybridized carbons (Fsp3) is 0.250. The first-order valence-corrected chi connectivity index (χ1v) is 6.94. The Balaban J connectivity index is 1.92. The zero-order valence-electron chi connectivity index (χ0n) is 12.6. The minimum Gasteiger partial charge on any atom is -0.493 e. The molecule has 0 N–H and O–H groups in total. The molecule has 0 saturated heterocycles. The van der Waals surface area contributed by atoms with Crippen LogP contribution in [0.3, 0.4) is 0 Å². The summed E-state index contributed by atoms with van der Waals surface area (Å²) in [6.07, 6.45) is 1.77. The summed E-state index contributed by atoms with van der Waals surface area (Å²) >= 11 is 0. The molecule has 0 amide bonds. The van der Waals surface area contributed by atoms with Crippen molar-refractivity contribution in [3.8, 4) is 28.5 Å². The molecule has 1 aliphatic heterocycles. The molecule has 0 saturated carbocycles. The number of methoxy groups -OCH3 is 1. The van der Waals surface area contributed by atoms with Crippen LogP contribution in [0.2, 0.25) is 0 Å². The number of hydrogen-bond donors (Lipinski definition) is 0. The van der Waals surface area contributed by atoms with Gasteiger partial charge >= 0.3 is 0 Å². The van der Waals surface area contributed by atoms with Gasteiger partial charge in [0.2, 0.25) is 12.5 Å². The van der Waals surface area contributed by atoms with Crippen molar-refractivity contribution in [3.05, 3.63) is 30.0 Å². The van der Waals surface area contributed by atoms with Gasteiger partial charge in [-0.25, -0.2) is 4.98 Å². The Morgan fingerprint density at radius 3 is 2.91 bits per heavy atom. The highest BCUT2D eigenvalue weighted by atomic mass is 16.7. The third kappa shape index (κ3) is 1.80. The molecule has 0 fully saturated rings. The van der Waals surface area contributed by atoms with Crippen LogP contribution in [0, 0.1) is 6.92 Å². The first-order chi connectivity index (χ1) is 10.7. The van der Waals surface area contributed by atoms with E-state index in [0.29, 0.717) is 17.2 Å². The summed E-state index contributed by atoms with van der Waals surface area (Å²) < 4.78 is 18.1. The summed E-state index contributed by atoms with van der Waals surface area (Å²) in [6.45, 7) is 2.27.